The number of halogens is 6. The van der Waals surface area contributed by atoms with E-state index in [0.29, 0.717) is 11.6 Å². The third-order valence-electron chi connectivity index (χ3n) is 3.95. The van der Waals surface area contributed by atoms with Gasteiger partial charge in [-0.25, -0.2) is 8.78 Å². The van der Waals surface area contributed by atoms with Crippen LogP contribution in [0.15, 0.2) is 41.3 Å². The lowest BCUT2D eigenvalue weighted by Crippen LogP contribution is -2.44. The van der Waals surface area contributed by atoms with Gasteiger partial charge in [-0.3, -0.25) is 0 Å². The third-order valence-corrected chi connectivity index (χ3v) is 5.19. The average Bonchev–Trinajstić information content (AvgIpc) is 2.57. The summed E-state index contributed by atoms with van der Waals surface area (Å²) in [5, 5.41) is 0. The van der Waals surface area contributed by atoms with E-state index in [0.717, 1.165) is 19.1 Å². The normalized spacial score (nSPS) is 13.1. The van der Waals surface area contributed by atoms with Crippen LogP contribution in [0.25, 0.3) is 0 Å². The first kappa shape index (κ1) is 22.1. The smallest absolute Gasteiger partial charge is 0.373 e. The van der Waals surface area contributed by atoms with Gasteiger partial charge in [0.2, 0.25) is 0 Å². The molecular formula is C18H16F6O3S. The molecule has 0 aliphatic rings. The minimum Gasteiger partial charge on any atom is -0.378 e. The predicted octanol–water partition coefficient (Wildman–Crippen LogP) is 5.37. The van der Waals surface area contributed by atoms with E-state index in [2.05, 4.69) is 0 Å². The molecule has 154 valence electrons. The van der Waals surface area contributed by atoms with Crippen LogP contribution < -0.4 is 4.18 Å². The molecule has 0 radical (unpaired) electrons. The second kappa shape index (κ2) is 7.31. The molecular weight excluding hydrogens is 410 g/mol. The van der Waals surface area contributed by atoms with Crippen LogP contribution >= 0.6 is 0 Å². The molecule has 28 heavy (non-hydrogen) atoms. The maximum Gasteiger partial charge on any atom is 0.373 e. The van der Waals surface area contributed by atoms with E-state index in [9.17, 15) is 34.8 Å². The Morgan fingerprint density at radius 3 is 1.93 bits per heavy atom. The first-order valence-corrected chi connectivity index (χ1v) is 9.27. The highest BCUT2D eigenvalue weighted by atomic mass is 32.2. The quantitative estimate of drug-likeness (QED) is 0.461. The molecule has 0 aliphatic carbocycles. The number of alkyl halides is 6. The molecule has 10 heteroatoms. The number of hydrogen-bond donors (Lipinski definition) is 0. The zero-order valence-electron chi connectivity index (χ0n) is 14.9. The van der Waals surface area contributed by atoms with Crippen molar-refractivity contribution in [3.63, 3.8) is 0 Å². The minimum absolute atomic E-state index is 0.0392. The van der Waals surface area contributed by atoms with E-state index in [-0.39, 0.29) is 11.1 Å². The van der Waals surface area contributed by atoms with Gasteiger partial charge >= 0.3 is 28.4 Å². The number of rotatable bonds is 6. The van der Waals surface area contributed by atoms with Crippen molar-refractivity contribution in [2.75, 3.05) is 0 Å². The summed E-state index contributed by atoms with van der Waals surface area (Å²) in [5.74, 6) is -12.2. The summed E-state index contributed by atoms with van der Waals surface area (Å²) in [6, 6.07) is 6.82. The van der Waals surface area contributed by atoms with Gasteiger partial charge in [0.25, 0.3) is 0 Å². The Bertz CT molecular complexity index is 970. The molecule has 2 rings (SSSR count). The van der Waals surface area contributed by atoms with Crippen molar-refractivity contribution in [2.24, 2.45) is 0 Å². The van der Waals surface area contributed by atoms with Crippen LogP contribution in [0.3, 0.4) is 0 Å². The topological polar surface area (TPSA) is 43.4 Å². The maximum absolute atomic E-state index is 14.3. The van der Waals surface area contributed by atoms with Gasteiger partial charge in [-0.1, -0.05) is 29.3 Å². The lowest BCUT2D eigenvalue weighted by Gasteiger charge is -2.28. The first-order chi connectivity index (χ1) is 12.7. The lowest BCUT2D eigenvalue weighted by atomic mass is 9.97. The van der Waals surface area contributed by atoms with Gasteiger partial charge < -0.3 is 4.18 Å². The fourth-order valence-corrected chi connectivity index (χ4v) is 3.48. The Hall–Kier alpha value is -2.23. The SMILES string of the molecule is Cc1ccc(S(=O)(=O)Oc2c(C)cc(C)cc2C(F)(F)C(F)(F)C(F)F)cc1. The van der Waals surface area contributed by atoms with Gasteiger partial charge in [-0.15, -0.1) is 0 Å². The molecule has 0 heterocycles. The van der Waals surface area contributed by atoms with Crippen molar-refractivity contribution in [3.8, 4) is 5.75 Å². The van der Waals surface area contributed by atoms with Crippen LogP contribution in [0.5, 0.6) is 5.75 Å². The zero-order chi connectivity index (χ0) is 21.5. The number of benzene rings is 2. The van der Waals surface area contributed by atoms with E-state index in [1.807, 2.05) is 0 Å². The molecule has 0 saturated heterocycles. The van der Waals surface area contributed by atoms with Crippen LogP contribution in [-0.4, -0.2) is 20.8 Å². The van der Waals surface area contributed by atoms with Gasteiger partial charge in [0.15, 0.2) is 5.75 Å². The third kappa shape index (κ3) is 3.96. The molecule has 0 N–H and O–H groups in total. The van der Waals surface area contributed by atoms with Gasteiger partial charge in [0.05, 0.1) is 5.56 Å². The summed E-state index contributed by atoms with van der Waals surface area (Å²) < 4.78 is 110. The summed E-state index contributed by atoms with van der Waals surface area (Å²) in [6.45, 7) is 4.09. The largest absolute Gasteiger partial charge is 0.378 e. The van der Waals surface area contributed by atoms with Crippen molar-refractivity contribution in [1.29, 1.82) is 0 Å². The molecule has 0 aliphatic heterocycles. The summed E-state index contributed by atoms with van der Waals surface area (Å²) in [6.07, 6.45) is -4.68. The highest BCUT2D eigenvalue weighted by Crippen LogP contribution is 2.50. The average molecular weight is 426 g/mol. The van der Waals surface area contributed by atoms with Gasteiger partial charge in [0.1, 0.15) is 4.90 Å². The highest BCUT2D eigenvalue weighted by Gasteiger charge is 2.65. The standard InChI is InChI=1S/C18H16F6O3S/c1-10-4-6-13(7-5-10)28(25,26)27-15-12(3)8-11(2)9-14(15)17(21,22)18(23,24)16(19)20/h4-9,16H,1-3H3. The van der Waals surface area contributed by atoms with Crippen molar-refractivity contribution in [3.05, 3.63) is 58.7 Å². The summed E-state index contributed by atoms with van der Waals surface area (Å²) in [5.41, 5.74) is -1.12. The van der Waals surface area contributed by atoms with E-state index in [4.69, 9.17) is 4.18 Å². The van der Waals surface area contributed by atoms with Crippen molar-refractivity contribution >= 4 is 10.1 Å². The van der Waals surface area contributed by atoms with Gasteiger partial charge in [0, 0.05) is 0 Å². The molecule has 0 bridgehead atoms. The van der Waals surface area contributed by atoms with E-state index >= 15 is 0 Å². The monoisotopic (exact) mass is 426 g/mol. The van der Waals surface area contributed by atoms with E-state index in [1.165, 1.54) is 25.1 Å². The Morgan fingerprint density at radius 2 is 1.43 bits per heavy atom. The van der Waals surface area contributed by atoms with Crippen molar-refractivity contribution in [2.45, 2.75) is 43.9 Å². The summed E-state index contributed by atoms with van der Waals surface area (Å²) in [7, 11) is -4.68. The summed E-state index contributed by atoms with van der Waals surface area (Å²) in [4.78, 5) is -0.409. The first-order valence-electron chi connectivity index (χ1n) is 7.87. The van der Waals surface area contributed by atoms with Crippen LogP contribution in [0.4, 0.5) is 26.3 Å². The highest BCUT2D eigenvalue weighted by molar-refractivity contribution is 7.87. The molecule has 0 saturated carbocycles. The van der Waals surface area contributed by atoms with E-state index in [1.54, 1.807) is 6.92 Å². The van der Waals surface area contributed by atoms with Crippen molar-refractivity contribution < 1.29 is 38.9 Å². The van der Waals surface area contributed by atoms with Gasteiger partial charge in [-0.2, -0.15) is 26.0 Å². The fraction of sp³-hybridized carbons (Fsp3) is 0.333. The predicted molar refractivity (Wildman–Crippen MR) is 89.8 cm³/mol. The Labute approximate surface area is 158 Å². The minimum atomic E-state index is -5.74. The molecule has 0 spiro atoms. The Kier molecular flexibility index (Phi) is 5.76. The molecule has 0 atom stereocenters. The second-order valence-electron chi connectivity index (χ2n) is 6.31. The maximum atomic E-state index is 14.3. The van der Waals surface area contributed by atoms with E-state index < -0.39 is 44.6 Å². The Balaban J connectivity index is 2.64. The van der Waals surface area contributed by atoms with Crippen LogP contribution in [0, 0.1) is 20.8 Å². The van der Waals surface area contributed by atoms with Crippen molar-refractivity contribution in [1.82, 2.24) is 0 Å². The van der Waals surface area contributed by atoms with Crippen LogP contribution in [0.2, 0.25) is 0 Å². The molecule has 3 nitrogen and oxygen atoms in total. The fourth-order valence-electron chi connectivity index (χ4n) is 2.48. The molecule has 0 aromatic heterocycles. The molecule has 0 fully saturated rings. The number of hydrogen-bond acceptors (Lipinski definition) is 3. The van der Waals surface area contributed by atoms with Crippen LogP contribution in [0.1, 0.15) is 22.3 Å². The molecule has 2 aromatic carbocycles. The van der Waals surface area contributed by atoms with Crippen LogP contribution in [-0.2, 0) is 16.0 Å². The lowest BCUT2D eigenvalue weighted by molar-refractivity contribution is -0.270. The molecule has 0 unspecified atom stereocenters. The summed E-state index contributed by atoms with van der Waals surface area (Å²) >= 11 is 0. The molecule has 2 aromatic rings. The second-order valence-corrected chi connectivity index (χ2v) is 7.85. The molecule has 0 amide bonds. The number of aryl methyl sites for hydroxylation is 3. The Morgan fingerprint density at radius 1 is 0.893 bits per heavy atom. The zero-order valence-corrected chi connectivity index (χ0v) is 15.8. The van der Waals surface area contributed by atoms with Gasteiger partial charge in [-0.05, 0) is 44.5 Å².